The van der Waals surface area contributed by atoms with E-state index in [9.17, 15) is 9.18 Å². The van der Waals surface area contributed by atoms with Crippen LogP contribution in [0.3, 0.4) is 0 Å². The molecule has 0 spiro atoms. The summed E-state index contributed by atoms with van der Waals surface area (Å²) >= 11 is 1.23. The first-order chi connectivity index (χ1) is 11.6. The fourth-order valence-corrected chi connectivity index (χ4v) is 3.51. The molecule has 3 rings (SSSR count). The number of aromatic nitrogens is 2. The van der Waals surface area contributed by atoms with Crippen molar-refractivity contribution >= 4 is 17.7 Å². The zero-order valence-electron chi connectivity index (χ0n) is 13.6. The highest BCUT2D eigenvalue weighted by molar-refractivity contribution is 7.99. The van der Waals surface area contributed by atoms with Crippen LogP contribution in [-0.4, -0.2) is 39.3 Å². The number of carbonyl (C=O) groups excluding carboxylic acids is 1. The lowest BCUT2D eigenvalue weighted by Crippen LogP contribution is -2.42. The van der Waals surface area contributed by atoms with E-state index in [1.54, 1.807) is 18.2 Å². The van der Waals surface area contributed by atoms with Crippen molar-refractivity contribution in [3.05, 3.63) is 41.5 Å². The van der Waals surface area contributed by atoms with E-state index >= 15 is 0 Å². The molecule has 128 valence electrons. The largest absolute Gasteiger partial charge is 0.416 e. The van der Waals surface area contributed by atoms with Crippen LogP contribution in [0.25, 0.3) is 0 Å². The number of hydrogen-bond donors (Lipinski definition) is 0. The Morgan fingerprint density at radius 3 is 3.00 bits per heavy atom. The van der Waals surface area contributed by atoms with Gasteiger partial charge < -0.3 is 9.32 Å². The molecule has 1 fully saturated rings. The predicted molar refractivity (Wildman–Crippen MR) is 89.3 cm³/mol. The van der Waals surface area contributed by atoms with Gasteiger partial charge in [-0.3, -0.25) is 4.79 Å². The van der Waals surface area contributed by atoms with Crippen molar-refractivity contribution in [3.8, 4) is 0 Å². The highest BCUT2D eigenvalue weighted by Crippen LogP contribution is 2.22. The van der Waals surface area contributed by atoms with Crippen molar-refractivity contribution in [2.75, 3.05) is 12.3 Å². The summed E-state index contributed by atoms with van der Waals surface area (Å²) in [6.45, 7) is 2.91. The Balaban J connectivity index is 1.54. The molecule has 1 aromatic heterocycles. The number of carbonyl (C=O) groups is 1. The van der Waals surface area contributed by atoms with E-state index < -0.39 is 0 Å². The molecule has 1 aliphatic rings. The molecule has 1 aromatic carbocycles. The lowest BCUT2D eigenvalue weighted by Gasteiger charge is -2.33. The number of thioether (sulfide) groups is 1. The third kappa shape index (κ3) is 4.14. The summed E-state index contributed by atoms with van der Waals surface area (Å²) in [5, 5.41) is 8.21. The van der Waals surface area contributed by atoms with Crippen LogP contribution in [-0.2, 0) is 11.2 Å². The van der Waals surface area contributed by atoms with E-state index in [0.717, 1.165) is 19.4 Å². The molecule has 0 N–H and O–H groups in total. The first kappa shape index (κ1) is 17.0. The Labute approximate surface area is 144 Å². The molecule has 2 heterocycles. The summed E-state index contributed by atoms with van der Waals surface area (Å²) < 4.78 is 19.1. The van der Waals surface area contributed by atoms with Gasteiger partial charge in [0.05, 0.1) is 12.2 Å². The monoisotopic (exact) mass is 349 g/mol. The SMILES string of the molecule is C[C@H]1CCCCN1C(=O)CSc1nnc(Cc2ccccc2F)o1. The number of amides is 1. The second kappa shape index (κ2) is 7.79. The van der Waals surface area contributed by atoms with Gasteiger partial charge in [-0.2, -0.15) is 0 Å². The Morgan fingerprint density at radius 2 is 2.21 bits per heavy atom. The van der Waals surface area contributed by atoms with Gasteiger partial charge in [0, 0.05) is 12.6 Å². The van der Waals surface area contributed by atoms with Gasteiger partial charge in [0.1, 0.15) is 5.82 Å². The normalized spacial score (nSPS) is 17.9. The molecule has 1 atom stereocenters. The quantitative estimate of drug-likeness (QED) is 0.775. The van der Waals surface area contributed by atoms with Gasteiger partial charge in [0.25, 0.3) is 5.22 Å². The lowest BCUT2D eigenvalue weighted by atomic mass is 10.0. The summed E-state index contributed by atoms with van der Waals surface area (Å²) in [4.78, 5) is 14.2. The molecule has 0 radical (unpaired) electrons. The molecular weight excluding hydrogens is 329 g/mol. The zero-order valence-corrected chi connectivity index (χ0v) is 14.4. The molecule has 1 amide bonds. The average molecular weight is 349 g/mol. The Hall–Kier alpha value is -1.89. The summed E-state index contributed by atoms with van der Waals surface area (Å²) in [5.41, 5.74) is 0.510. The van der Waals surface area contributed by atoms with Crippen LogP contribution >= 0.6 is 11.8 Å². The fourth-order valence-electron chi connectivity index (χ4n) is 2.85. The Morgan fingerprint density at radius 1 is 1.38 bits per heavy atom. The fraction of sp³-hybridized carbons (Fsp3) is 0.471. The topological polar surface area (TPSA) is 59.2 Å². The Kier molecular flexibility index (Phi) is 5.50. The molecule has 0 unspecified atom stereocenters. The number of benzene rings is 1. The maximum atomic E-state index is 13.6. The van der Waals surface area contributed by atoms with E-state index in [0.29, 0.717) is 22.7 Å². The minimum Gasteiger partial charge on any atom is -0.416 e. The molecule has 0 saturated carbocycles. The number of piperidine rings is 1. The van der Waals surface area contributed by atoms with Crippen LogP contribution in [0, 0.1) is 5.82 Å². The van der Waals surface area contributed by atoms with Crippen LogP contribution in [0.15, 0.2) is 33.9 Å². The molecular formula is C17H20FN3O2S. The number of likely N-dealkylation sites (tertiary alicyclic amines) is 1. The summed E-state index contributed by atoms with van der Waals surface area (Å²) in [5.74, 6) is 0.438. The number of rotatable bonds is 5. The minimum atomic E-state index is -0.292. The highest BCUT2D eigenvalue weighted by Gasteiger charge is 2.23. The van der Waals surface area contributed by atoms with E-state index in [1.165, 1.54) is 24.2 Å². The van der Waals surface area contributed by atoms with Gasteiger partial charge in [-0.1, -0.05) is 30.0 Å². The maximum absolute atomic E-state index is 13.6. The number of nitrogens with zero attached hydrogens (tertiary/aromatic N) is 3. The average Bonchev–Trinajstić information content (AvgIpc) is 3.03. The third-order valence-corrected chi connectivity index (χ3v) is 4.99. The summed E-state index contributed by atoms with van der Waals surface area (Å²) in [7, 11) is 0. The molecule has 7 heteroatoms. The first-order valence-electron chi connectivity index (χ1n) is 8.11. The minimum absolute atomic E-state index is 0.0982. The number of hydrogen-bond acceptors (Lipinski definition) is 5. The van der Waals surface area contributed by atoms with Gasteiger partial charge in [-0.05, 0) is 37.8 Å². The van der Waals surface area contributed by atoms with E-state index in [4.69, 9.17) is 4.42 Å². The predicted octanol–water partition coefficient (Wildman–Crippen LogP) is 3.29. The second-order valence-corrected chi connectivity index (χ2v) is 6.88. The maximum Gasteiger partial charge on any atom is 0.277 e. The molecule has 2 aromatic rings. The first-order valence-corrected chi connectivity index (χ1v) is 9.10. The van der Waals surface area contributed by atoms with E-state index in [1.807, 2.05) is 4.90 Å². The van der Waals surface area contributed by atoms with Crippen molar-refractivity contribution in [3.63, 3.8) is 0 Å². The van der Waals surface area contributed by atoms with Crippen molar-refractivity contribution in [1.29, 1.82) is 0 Å². The molecule has 0 bridgehead atoms. The third-order valence-electron chi connectivity index (χ3n) is 4.19. The van der Waals surface area contributed by atoms with Crippen LogP contribution in [0.2, 0.25) is 0 Å². The van der Waals surface area contributed by atoms with Crippen LogP contribution in [0.1, 0.15) is 37.6 Å². The lowest BCUT2D eigenvalue weighted by molar-refractivity contribution is -0.131. The second-order valence-electron chi connectivity index (χ2n) is 5.95. The molecule has 24 heavy (non-hydrogen) atoms. The van der Waals surface area contributed by atoms with Crippen molar-refractivity contribution < 1.29 is 13.6 Å². The van der Waals surface area contributed by atoms with E-state index in [2.05, 4.69) is 17.1 Å². The van der Waals surface area contributed by atoms with Crippen LogP contribution in [0.5, 0.6) is 0 Å². The van der Waals surface area contributed by atoms with Gasteiger partial charge in [-0.15, -0.1) is 10.2 Å². The van der Waals surface area contributed by atoms with Crippen LogP contribution < -0.4 is 0 Å². The van der Waals surface area contributed by atoms with E-state index in [-0.39, 0.29) is 23.9 Å². The highest BCUT2D eigenvalue weighted by atomic mass is 32.2. The van der Waals surface area contributed by atoms with Crippen molar-refractivity contribution in [2.24, 2.45) is 0 Å². The number of halogens is 1. The molecule has 1 aliphatic heterocycles. The smallest absolute Gasteiger partial charge is 0.277 e. The molecule has 0 aliphatic carbocycles. The Bertz CT molecular complexity index is 707. The van der Waals surface area contributed by atoms with Gasteiger partial charge in [0.2, 0.25) is 11.8 Å². The van der Waals surface area contributed by atoms with Crippen LogP contribution in [0.4, 0.5) is 4.39 Å². The van der Waals surface area contributed by atoms with Gasteiger partial charge in [-0.25, -0.2) is 4.39 Å². The standard InChI is InChI=1S/C17H20FN3O2S/c1-12-6-4-5-9-21(12)16(22)11-24-17-20-19-15(23-17)10-13-7-2-3-8-14(13)18/h2-3,7-8,12H,4-6,9-11H2,1H3/t12-/m0/s1. The van der Waals surface area contributed by atoms with Gasteiger partial charge >= 0.3 is 0 Å². The van der Waals surface area contributed by atoms with Gasteiger partial charge in [0.15, 0.2) is 0 Å². The zero-order chi connectivity index (χ0) is 16.9. The molecule has 5 nitrogen and oxygen atoms in total. The molecule has 1 saturated heterocycles. The van der Waals surface area contributed by atoms with Crippen molar-refractivity contribution in [2.45, 2.75) is 43.9 Å². The summed E-state index contributed by atoms with van der Waals surface area (Å²) in [6, 6.07) is 6.79. The summed E-state index contributed by atoms with van der Waals surface area (Å²) in [6.07, 6.45) is 3.55. The van der Waals surface area contributed by atoms with Crippen molar-refractivity contribution in [1.82, 2.24) is 15.1 Å².